The van der Waals surface area contributed by atoms with Crippen molar-refractivity contribution in [2.75, 3.05) is 20.3 Å². The van der Waals surface area contributed by atoms with Crippen molar-refractivity contribution in [1.29, 1.82) is 0 Å². The van der Waals surface area contributed by atoms with E-state index in [0.29, 0.717) is 35.5 Å². The maximum atomic E-state index is 11.7. The Balaban J connectivity index is 1.54. The standard InChI is InChI=1S/C23H26N2O4S/c1-4-15(2)17-6-8-18(9-7-17)28-11-12-29-19-10-5-16(13-20(19)27-3)14-21-22(26)25-23(24)30-21/h5-10,13-15H,4,11-12H2,1-3H3,(H2,24,25,26)/b21-14-/t15-/m0/s1. The van der Waals surface area contributed by atoms with Crippen LogP contribution < -0.4 is 19.9 Å². The number of hydrogen-bond donors (Lipinski definition) is 1. The van der Waals surface area contributed by atoms with E-state index in [1.165, 1.54) is 5.56 Å². The van der Waals surface area contributed by atoms with Crippen LogP contribution in [0.4, 0.5) is 0 Å². The predicted molar refractivity (Wildman–Crippen MR) is 121 cm³/mol. The van der Waals surface area contributed by atoms with Crippen molar-refractivity contribution >= 4 is 28.9 Å². The molecule has 158 valence electrons. The summed E-state index contributed by atoms with van der Waals surface area (Å²) in [5.74, 6) is 2.22. The second-order valence-corrected chi connectivity index (χ2v) is 7.91. The molecule has 0 saturated heterocycles. The third-order valence-corrected chi connectivity index (χ3v) is 5.61. The number of amidine groups is 1. The third-order valence-electron chi connectivity index (χ3n) is 4.79. The normalized spacial score (nSPS) is 15.8. The first-order valence-electron chi connectivity index (χ1n) is 9.81. The van der Waals surface area contributed by atoms with Gasteiger partial charge in [0.25, 0.3) is 5.91 Å². The topological polar surface area (TPSA) is 83.1 Å². The van der Waals surface area contributed by atoms with Crippen molar-refractivity contribution in [2.24, 2.45) is 10.7 Å². The summed E-state index contributed by atoms with van der Waals surface area (Å²) >= 11 is 1.16. The molecule has 0 saturated carbocycles. The van der Waals surface area contributed by atoms with E-state index in [0.717, 1.165) is 29.5 Å². The van der Waals surface area contributed by atoms with Gasteiger partial charge in [-0.3, -0.25) is 4.79 Å². The maximum absolute atomic E-state index is 11.7. The summed E-state index contributed by atoms with van der Waals surface area (Å²) in [5.41, 5.74) is 7.70. The number of aliphatic imine (C=N–C) groups is 1. The summed E-state index contributed by atoms with van der Waals surface area (Å²) in [5, 5.41) is 0.257. The highest BCUT2D eigenvalue weighted by molar-refractivity contribution is 8.18. The van der Waals surface area contributed by atoms with Crippen molar-refractivity contribution in [3.8, 4) is 17.2 Å². The van der Waals surface area contributed by atoms with E-state index >= 15 is 0 Å². The molecule has 1 atom stereocenters. The lowest BCUT2D eigenvalue weighted by atomic mass is 9.99. The highest BCUT2D eigenvalue weighted by Gasteiger charge is 2.19. The van der Waals surface area contributed by atoms with Crippen LogP contribution in [0.5, 0.6) is 17.2 Å². The van der Waals surface area contributed by atoms with Crippen molar-refractivity contribution < 1.29 is 19.0 Å². The van der Waals surface area contributed by atoms with Gasteiger partial charge in [0, 0.05) is 0 Å². The minimum absolute atomic E-state index is 0.257. The van der Waals surface area contributed by atoms with Crippen LogP contribution in [-0.4, -0.2) is 31.4 Å². The van der Waals surface area contributed by atoms with E-state index in [4.69, 9.17) is 19.9 Å². The van der Waals surface area contributed by atoms with Gasteiger partial charge in [-0.15, -0.1) is 0 Å². The van der Waals surface area contributed by atoms with Gasteiger partial charge < -0.3 is 19.9 Å². The Labute approximate surface area is 181 Å². The molecule has 1 heterocycles. The lowest BCUT2D eigenvalue weighted by Crippen LogP contribution is -2.09. The van der Waals surface area contributed by atoms with Crippen LogP contribution in [0, 0.1) is 0 Å². The number of hydrogen-bond acceptors (Lipinski definition) is 6. The van der Waals surface area contributed by atoms with Gasteiger partial charge in [0.1, 0.15) is 19.0 Å². The summed E-state index contributed by atoms with van der Waals surface area (Å²) in [6.45, 7) is 5.19. The number of benzene rings is 2. The molecule has 0 spiro atoms. The van der Waals surface area contributed by atoms with E-state index < -0.39 is 0 Å². The molecule has 0 aromatic heterocycles. The molecular weight excluding hydrogens is 400 g/mol. The van der Waals surface area contributed by atoms with Crippen LogP contribution in [0.3, 0.4) is 0 Å². The molecule has 6 nitrogen and oxygen atoms in total. The molecule has 0 radical (unpaired) electrons. The van der Waals surface area contributed by atoms with Crippen molar-refractivity contribution in [1.82, 2.24) is 0 Å². The van der Waals surface area contributed by atoms with Crippen molar-refractivity contribution in [3.05, 3.63) is 58.5 Å². The number of methoxy groups -OCH3 is 1. The minimum Gasteiger partial charge on any atom is -0.493 e. The molecule has 3 rings (SSSR count). The van der Waals surface area contributed by atoms with Gasteiger partial charge in [-0.05, 0) is 65.6 Å². The van der Waals surface area contributed by atoms with Crippen LogP contribution in [0.2, 0.25) is 0 Å². The number of rotatable bonds is 9. The molecular formula is C23H26N2O4S. The van der Waals surface area contributed by atoms with Crippen LogP contribution in [0.25, 0.3) is 6.08 Å². The fourth-order valence-electron chi connectivity index (χ4n) is 2.91. The molecule has 30 heavy (non-hydrogen) atoms. The van der Waals surface area contributed by atoms with Gasteiger partial charge in [-0.1, -0.05) is 32.0 Å². The average Bonchev–Trinajstić information content (AvgIpc) is 3.08. The van der Waals surface area contributed by atoms with Gasteiger partial charge in [0.05, 0.1) is 12.0 Å². The first-order chi connectivity index (χ1) is 14.5. The third kappa shape index (κ3) is 5.57. The maximum Gasteiger partial charge on any atom is 0.286 e. The molecule has 0 aliphatic carbocycles. The van der Waals surface area contributed by atoms with Gasteiger partial charge in [-0.25, -0.2) is 0 Å². The Morgan fingerprint density at radius 2 is 1.83 bits per heavy atom. The number of carbonyl (C=O) groups excluding carboxylic acids is 1. The molecule has 0 bridgehead atoms. The molecule has 2 aromatic carbocycles. The molecule has 1 aliphatic rings. The largest absolute Gasteiger partial charge is 0.493 e. The van der Waals surface area contributed by atoms with E-state index in [1.54, 1.807) is 25.3 Å². The molecule has 0 fully saturated rings. The summed E-state index contributed by atoms with van der Waals surface area (Å²) in [6, 6.07) is 13.6. The zero-order valence-corrected chi connectivity index (χ0v) is 18.2. The van der Waals surface area contributed by atoms with Crippen LogP contribution in [0.1, 0.15) is 37.3 Å². The number of ether oxygens (including phenoxy) is 3. The molecule has 2 N–H and O–H groups in total. The number of carbonyl (C=O) groups is 1. The smallest absolute Gasteiger partial charge is 0.286 e. The van der Waals surface area contributed by atoms with Gasteiger partial charge in [-0.2, -0.15) is 4.99 Å². The van der Waals surface area contributed by atoms with E-state index in [-0.39, 0.29) is 11.1 Å². The Morgan fingerprint density at radius 1 is 1.10 bits per heavy atom. The molecule has 2 aromatic rings. The van der Waals surface area contributed by atoms with E-state index in [9.17, 15) is 4.79 Å². The monoisotopic (exact) mass is 426 g/mol. The Hall–Kier alpha value is -2.93. The zero-order valence-electron chi connectivity index (χ0n) is 17.4. The lowest BCUT2D eigenvalue weighted by molar-refractivity contribution is -0.113. The number of nitrogens with two attached hydrogens (primary N) is 1. The van der Waals surface area contributed by atoms with Crippen molar-refractivity contribution in [3.63, 3.8) is 0 Å². The number of amides is 1. The molecule has 1 amide bonds. The quantitative estimate of drug-likeness (QED) is 0.466. The highest BCUT2D eigenvalue weighted by Crippen LogP contribution is 2.31. The fourth-order valence-corrected chi connectivity index (χ4v) is 3.59. The molecule has 1 aliphatic heterocycles. The Kier molecular flexibility index (Phi) is 7.41. The molecule has 0 unspecified atom stereocenters. The highest BCUT2D eigenvalue weighted by atomic mass is 32.2. The van der Waals surface area contributed by atoms with Gasteiger partial charge in [0.2, 0.25) is 0 Å². The fraction of sp³-hybridized carbons (Fsp3) is 0.304. The van der Waals surface area contributed by atoms with Gasteiger partial charge >= 0.3 is 0 Å². The SMILES string of the molecule is CC[C@H](C)c1ccc(OCCOc2ccc(/C=C3\SC(N)=NC3=O)cc2OC)cc1. The van der Waals surface area contributed by atoms with E-state index in [2.05, 4.69) is 31.0 Å². The average molecular weight is 427 g/mol. The van der Waals surface area contributed by atoms with Crippen LogP contribution in [-0.2, 0) is 4.79 Å². The minimum atomic E-state index is -0.328. The summed E-state index contributed by atoms with van der Waals surface area (Å²) in [6.07, 6.45) is 2.84. The van der Waals surface area contributed by atoms with Crippen LogP contribution in [0.15, 0.2) is 52.4 Å². The number of thioether (sulfide) groups is 1. The Morgan fingerprint density at radius 3 is 2.47 bits per heavy atom. The predicted octanol–water partition coefficient (Wildman–Crippen LogP) is 4.60. The lowest BCUT2D eigenvalue weighted by Gasteiger charge is -2.13. The first kappa shape index (κ1) is 21.8. The van der Waals surface area contributed by atoms with E-state index in [1.807, 2.05) is 18.2 Å². The molecule has 7 heteroatoms. The summed E-state index contributed by atoms with van der Waals surface area (Å²) in [7, 11) is 1.57. The first-order valence-corrected chi connectivity index (χ1v) is 10.6. The van der Waals surface area contributed by atoms with Gasteiger partial charge in [0.15, 0.2) is 16.7 Å². The zero-order chi connectivity index (χ0) is 21.5. The second kappa shape index (κ2) is 10.2. The number of nitrogens with zero attached hydrogens (tertiary/aromatic N) is 1. The summed E-state index contributed by atoms with van der Waals surface area (Å²) in [4.78, 5) is 15.9. The van der Waals surface area contributed by atoms with Crippen molar-refractivity contribution in [2.45, 2.75) is 26.2 Å². The Bertz CT molecular complexity index is 954. The van der Waals surface area contributed by atoms with Crippen LogP contribution >= 0.6 is 11.8 Å². The summed E-state index contributed by atoms with van der Waals surface area (Å²) < 4.78 is 17.0. The second-order valence-electron chi connectivity index (χ2n) is 6.85.